The van der Waals surface area contributed by atoms with Gasteiger partial charge in [-0.25, -0.2) is 4.79 Å². The summed E-state index contributed by atoms with van der Waals surface area (Å²) >= 11 is 0. The molecule has 0 spiro atoms. The van der Waals surface area contributed by atoms with Gasteiger partial charge in [0, 0.05) is 18.8 Å². The highest BCUT2D eigenvalue weighted by Gasteiger charge is 2.05. The lowest BCUT2D eigenvalue weighted by Gasteiger charge is -1.86. The molecule has 0 aromatic carbocycles. The Hall–Kier alpha value is -2.09. The quantitative estimate of drug-likeness (QED) is 0.524. The van der Waals surface area contributed by atoms with Crippen molar-refractivity contribution in [1.82, 2.24) is 9.78 Å². The van der Waals surface area contributed by atoms with Crippen LogP contribution in [0, 0.1) is 11.3 Å². The van der Waals surface area contributed by atoms with Gasteiger partial charge < -0.3 is 5.11 Å². The number of aliphatic carboxylic acids is 1. The van der Waals surface area contributed by atoms with Crippen molar-refractivity contribution in [3.8, 4) is 6.07 Å². The van der Waals surface area contributed by atoms with Gasteiger partial charge in [-0.1, -0.05) is 0 Å². The number of aromatic nitrogens is 2. The summed E-state index contributed by atoms with van der Waals surface area (Å²) in [5.74, 6) is -1.23. The number of nitriles is 1. The highest BCUT2D eigenvalue weighted by Crippen LogP contribution is 2.04. The molecule has 66 valence electrons. The zero-order valence-corrected chi connectivity index (χ0v) is 6.93. The first kappa shape index (κ1) is 9.00. The lowest BCUT2D eigenvalue weighted by Crippen LogP contribution is -1.96. The molecule has 1 rings (SSSR count). The van der Waals surface area contributed by atoms with Gasteiger partial charge in [0.1, 0.15) is 11.6 Å². The number of carboxylic acids is 1. The van der Waals surface area contributed by atoms with Gasteiger partial charge in [-0.05, 0) is 6.08 Å². The van der Waals surface area contributed by atoms with Gasteiger partial charge in [0.05, 0.1) is 6.20 Å². The van der Waals surface area contributed by atoms with Gasteiger partial charge in [-0.2, -0.15) is 10.4 Å². The number of hydrogen-bond acceptors (Lipinski definition) is 3. The fraction of sp³-hybridized carbons (Fsp3) is 0.125. The second-order valence-electron chi connectivity index (χ2n) is 2.42. The molecule has 1 aromatic heterocycles. The molecular formula is C8H7N3O2. The smallest absolute Gasteiger partial charge is 0.346 e. The van der Waals surface area contributed by atoms with Crippen LogP contribution >= 0.6 is 0 Å². The van der Waals surface area contributed by atoms with E-state index in [1.807, 2.05) is 0 Å². The van der Waals surface area contributed by atoms with E-state index in [2.05, 4.69) is 5.10 Å². The second kappa shape index (κ2) is 3.54. The summed E-state index contributed by atoms with van der Waals surface area (Å²) in [6.45, 7) is 0. The Kier molecular flexibility index (Phi) is 2.45. The summed E-state index contributed by atoms with van der Waals surface area (Å²) in [4.78, 5) is 10.4. The molecule has 0 aliphatic rings. The molecule has 0 unspecified atom stereocenters. The summed E-state index contributed by atoms with van der Waals surface area (Å²) in [6, 6.07) is 1.58. The van der Waals surface area contributed by atoms with Crippen molar-refractivity contribution in [2.75, 3.05) is 0 Å². The summed E-state index contributed by atoms with van der Waals surface area (Å²) in [5.41, 5.74) is 0.300. The third-order valence-electron chi connectivity index (χ3n) is 1.39. The number of carbonyl (C=O) groups is 1. The van der Waals surface area contributed by atoms with Crippen LogP contribution in [0.5, 0.6) is 0 Å². The molecule has 1 aromatic rings. The first-order chi connectivity index (χ1) is 6.13. The van der Waals surface area contributed by atoms with Crippen molar-refractivity contribution in [2.45, 2.75) is 0 Å². The molecule has 13 heavy (non-hydrogen) atoms. The van der Waals surface area contributed by atoms with Crippen LogP contribution in [0.1, 0.15) is 5.56 Å². The van der Waals surface area contributed by atoms with Crippen LogP contribution in [0.15, 0.2) is 18.0 Å². The third kappa shape index (κ3) is 2.17. The molecule has 1 N–H and O–H groups in total. The van der Waals surface area contributed by atoms with Gasteiger partial charge in [0.15, 0.2) is 0 Å². The number of aryl methyl sites for hydroxylation is 1. The Labute approximate surface area is 74.5 Å². The van der Waals surface area contributed by atoms with Crippen molar-refractivity contribution in [2.24, 2.45) is 7.05 Å². The molecule has 1 heterocycles. The minimum absolute atomic E-state index is 0.298. The molecule has 0 atom stereocenters. The Morgan fingerprint density at radius 3 is 2.92 bits per heavy atom. The maximum absolute atomic E-state index is 10.4. The van der Waals surface area contributed by atoms with Crippen LogP contribution in [0.4, 0.5) is 0 Å². The van der Waals surface area contributed by atoms with Gasteiger partial charge in [-0.3, -0.25) is 4.68 Å². The molecular weight excluding hydrogens is 170 g/mol. The first-order valence-electron chi connectivity index (χ1n) is 3.47. The van der Waals surface area contributed by atoms with Crippen molar-refractivity contribution in [3.63, 3.8) is 0 Å². The second-order valence-corrected chi connectivity index (χ2v) is 2.42. The van der Waals surface area contributed by atoms with Crippen molar-refractivity contribution < 1.29 is 9.90 Å². The SMILES string of the molecule is Cn1cc(/C=C(\C#N)C(=O)O)cn1. The van der Waals surface area contributed by atoms with Crippen LogP contribution < -0.4 is 0 Å². The van der Waals surface area contributed by atoms with Crippen LogP contribution in [-0.2, 0) is 11.8 Å². The molecule has 0 bridgehead atoms. The number of hydrogen-bond donors (Lipinski definition) is 1. The molecule has 0 radical (unpaired) electrons. The lowest BCUT2D eigenvalue weighted by molar-refractivity contribution is -0.132. The molecule has 5 heteroatoms. The molecule has 0 amide bonds. The lowest BCUT2D eigenvalue weighted by atomic mass is 10.2. The van der Waals surface area contributed by atoms with E-state index in [0.717, 1.165) is 0 Å². The first-order valence-corrected chi connectivity index (χ1v) is 3.47. The standard InChI is InChI=1S/C8H7N3O2/c1-11-5-6(4-10-11)2-7(3-9)8(12)13/h2,4-5H,1H3,(H,12,13)/b7-2+. The maximum atomic E-state index is 10.4. The largest absolute Gasteiger partial charge is 0.477 e. The van der Waals surface area contributed by atoms with Crippen molar-refractivity contribution in [3.05, 3.63) is 23.5 Å². The van der Waals surface area contributed by atoms with E-state index in [4.69, 9.17) is 10.4 Å². The number of rotatable bonds is 2. The van der Waals surface area contributed by atoms with Crippen LogP contribution in [0.25, 0.3) is 6.08 Å². The molecule has 0 aliphatic carbocycles. The Bertz CT molecular complexity index is 398. The van der Waals surface area contributed by atoms with Gasteiger partial charge in [0.25, 0.3) is 0 Å². The minimum Gasteiger partial charge on any atom is -0.477 e. The van der Waals surface area contributed by atoms with Gasteiger partial charge in [-0.15, -0.1) is 0 Å². The molecule has 5 nitrogen and oxygen atoms in total. The zero-order chi connectivity index (χ0) is 9.84. The van der Waals surface area contributed by atoms with Crippen LogP contribution in [0.3, 0.4) is 0 Å². The van der Waals surface area contributed by atoms with E-state index >= 15 is 0 Å². The topological polar surface area (TPSA) is 78.9 Å². The predicted octanol–water partition coefficient (Wildman–Crippen LogP) is 0.412. The van der Waals surface area contributed by atoms with Crippen LogP contribution in [0.2, 0.25) is 0 Å². The van der Waals surface area contributed by atoms with E-state index < -0.39 is 5.97 Å². The fourth-order valence-electron chi connectivity index (χ4n) is 0.823. The highest BCUT2D eigenvalue weighted by atomic mass is 16.4. The zero-order valence-electron chi connectivity index (χ0n) is 6.93. The predicted molar refractivity (Wildman–Crippen MR) is 44.4 cm³/mol. The maximum Gasteiger partial charge on any atom is 0.346 e. The average molecular weight is 177 g/mol. The number of carboxylic acid groups (broad SMARTS) is 1. The molecule has 0 saturated carbocycles. The monoisotopic (exact) mass is 177 g/mol. The van der Waals surface area contributed by atoms with E-state index in [1.54, 1.807) is 19.3 Å². The van der Waals surface area contributed by atoms with Gasteiger partial charge in [0.2, 0.25) is 0 Å². The summed E-state index contributed by atoms with van der Waals surface area (Å²) in [7, 11) is 1.71. The Morgan fingerprint density at radius 2 is 2.54 bits per heavy atom. The van der Waals surface area contributed by atoms with E-state index in [-0.39, 0.29) is 5.57 Å². The average Bonchev–Trinajstić information content (AvgIpc) is 2.46. The normalized spacial score (nSPS) is 10.9. The van der Waals surface area contributed by atoms with E-state index in [0.29, 0.717) is 5.56 Å². The molecule has 0 aliphatic heterocycles. The minimum atomic E-state index is -1.23. The fourth-order valence-corrected chi connectivity index (χ4v) is 0.823. The third-order valence-corrected chi connectivity index (χ3v) is 1.39. The van der Waals surface area contributed by atoms with E-state index in [1.165, 1.54) is 17.0 Å². The van der Waals surface area contributed by atoms with Gasteiger partial charge >= 0.3 is 5.97 Å². The molecule has 0 fully saturated rings. The van der Waals surface area contributed by atoms with Crippen molar-refractivity contribution in [1.29, 1.82) is 5.26 Å². The Balaban J connectivity index is 3.00. The molecule has 0 saturated heterocycles. The summed E-state index contributed by atoms with van der Waals surface area (Å²) in [5, 5.41) is 20.8. The summed E-state index contributed by atoms with van der Waals surface area (Å²) < 4.78 is 1.53. The number of nitrogens with zero attached hydrogens (tertiary/aromatic N) is 3. The highest BCUT2D eigenvalue weighted by molar-refractivity contribution is 5.96. The summed E-state index contributed by atoms with van der Waals surface area (Å²) in [6.07, 6.45) is 4.38. The van der Waals surface area contributed by atoms with Crippen LogP contribution in [-0.4, -0.2) is 20.9 Å². The Morgan fingerprint density at radius 1 is 1.85 bits per heavy atom. The van der Waals surface area contributed by atoms with E-state index in [9.17, 15) is 4.79 Å². The van der Waals surface area contributed by atoms with Crippen molar-refractivity contribution >= 4 is 12.0 Å².